The van der Waals surface area contributed by atoms with Crippen LogP contribution in [0.4, 0.5) is 10.5 Å². The number of aryl methyl sites for hydroxylation is 1. The van der Waals surface area contributed by atoms with Crippen molar-refractivity contribution in [2.24, 2.45) is 0 Å². The molecule has 0 unspecified atom stereocenters. The van der Waals surface area contributed by atoms with E-state index in [-0.39, 0.29) is 0 Å². The van der Waals surface area contributed by atoms with Crippen LogP contribution in [0.2, 0.25) is 0 Å². The summed E-state index contributed by atoms with van der Waals surface area (Å²) < 4.78 is 0.444. The molecule has 1 aromatic carbocycles. The van der Waals surface area contributed by atoms with Crippen molar-refractivity contribution in [1.82, 2.24) is 3.94 Å². The van der Waals surface area contributed by atoms with Crippen LogP contribution in [0.5, 0.6) is 0 Å². The normalized spacial score (nSPS) is 9.46. The number of hydrogen-bond acceptors (Lipinski definition) is 1. The number of benzene rings is 1. The van der Waals surface area contributed by atoms with E-state index in [1.165, 1.54) is 0 Å². The average molecular weight is 219 g/mol. The molecule has 5 heteroatoms. The highest BCUT2D eigenvalue weighted by atomic mass is 35.5. The van der Waals surface area contributed by atoms with E-state index in [1.807, 2.05) is 19.1 Å². The van der Waals surface area contributed by atoms with Crippen molar-refractivity contribution in [1.29, 1.82) is 0 Å². The maximum Gasteiger partial charge on any atom is 0.351 e. The first kappa shape index (κ1) is 10.2. The lowest BCUT2D eigenvalue weighted by atomic mass is 10.2. The zero-order valence-electron chi connectivity index (χ0n) is 6.92. The standard InChI is InChI=1S/C8H8Cl2N2O/c1-6-2-4-7(5-3-6)11-8(13)12(9)10/h2-5H,1H3,(H,11,13). The van der Waals surface area contributed by atoms with Gasteiger partial charge in [-0.25, -0.2) is 4.79 Å². The Kier molecular flexibility index (Phi) is 3.39. The molecule has 1 N–H and O–H groups in total. The van der Waals surface area contributed by atoms with Gasteiger partial charge in [-0.3, -0.25) is 0 Å². The summed E-state index contributed by atoms with van der Waals surface area (Å²) in [6.07, 6.45) is 0. The summed E-state index contributed by atoms with van der Waals surface area (Å²) in [5.74, 6) is 0. The van der Waals surface area contributed by atoms with Gasteiger partial charge in [0.15, 0.2) is 0 Å². The van der Waals surface area contributed by atoms with E-state index in [9.17, 15) is 4.79 Å². The number of anilines is 1. The maximum atomic E-state index is 10.9. The number of nitrogens with zero attached hydrogens (tertiary/aromatic N) is 1. The Hall–Kier alpha value is -0.930. The predicted octanol–water partition coefficient (Wildman–Crippen LogP) is 3.14. The van der Waals surface area contributed by atoms with Crippen molar-refractivity contribution >= 4 is 35.3 Å². The van der Waals surface area contributed by atoms with Crippen molar-refractivity contribution in [2.45, 2.75) is 6.92 Å². The Morgan fingerprint density at radius 3 is 2.31 bits per heavy atom. The number of urea groups is 1. The second kappa shape index (κ2) is 4.35. The zero-order chi connectivity index (χ0) is 9.84. The number of carbonyl (C=O) groups excluding carboxylic acids is 1. The fourth-order valence-electron chi connectivity index (χ4n) is 0.803. The van der Waals surface area contributed by atoms with Gasteiger partial charge in [0.05, 0.1) is 0 Å². The first-order valence-corrected chi connectivity index (χ1v) is 4.26. The van der Waals surface area contributed by atoms with Gasteiger partial charge in [-0.15, -0.1) is 3.94 Å². The molecule has 13 heavy (non-hydrogen) atoms. The van der Waals surface area contributed by atoms with Crippen molar-refractivity contribution < 1.29 is 4.79 Å². The Balaban J connectivity index is 2.65. The average Bonchev–Trinajstić information content (AvgIpc) is 2.08. The van der Waals surface area contributed by atoms with Gasteiger partial charge < -0.3 is 5.32 Å². The van der Waals surface area contributed by atoms with Crippen molar-refractivity contribution in [2.75, 3.05) is 5.32 Å². The van der Waals surface area contributed by atoms with Crippen molar-refractivity contribution in [3.8, 4) is 0 Å². The Morgan fingerprint density at radius 1 is 1.31 bits per heavy atom. The van der Waals surface area contributed by atoms with Crippen molar-refractivity contribution in [3.05, 3.63) is 29.8 Å². The highest BCUT2D eigenvalue weighted by Crippen LogP contribution is 2.10. The van der Waals surface area contributed by atoms with Crippen LogP contribution in [-0.4, -0.2) is 9.97 Å². The van der Waals surface area contributed by atoms with Crippen LogP contribution >= 0.6 is 23.6 Å². The molecule has 0 fully saturated rings. The first-order chi connectivity index (χ1) is 6.09. The van der Waals surface area contributed by atoms with E-state index in [4.69, 9.17) is 23.6 Å². The molecular weight excluding hydrogens is 211 g/mol. The summed E-state index contributed by atoms with van der Waals surface area (Å²) >= 11 is 10.4. The Morgan fingerprint density at radius 2 is 1.85 bits per heavy atom. The quantitative estimate of drug-likeness (QED) is 0.723. The maximum absolute atomic E-state index is 10.9. The molecule has 0 aromatic heterocycles. The largest absolute Gasteiger partial charge is 0.351 e. The molecule has 0 aliphatic heterocycles. The molecule has 0 radical (unpaired) electrons. The van der Waals surface area contributed by atoms with Crippen LogP contribution < -0.4 is 5.32 Å². The highest BCUT2D eigenvalue weighted by molar-refractivity contribution is 6.42. The number of amides is 2. The van der Waals surface area contributed by atoms with Gasteiger partial charge in [0.2, 0.25) is 0 Å². The summed E-state index contributed by atoms with van der Waals surface area (Å²) in [6, 6.07) is 6.71. The van der Waals surface area contributed by atoms with Gasteiger partial charge in [0, 0.05) is 29.2 Å². The molecule has 0 heterocycles. The third kappa shape index (κ3) is 3.13. The SMILES string of the molecule is Cc1ccc(NC(=O)N(Cl)Cl)cc1. The minimum absolute atomic E-state index is 0.444. The molecule has 70 valence electrons. The van der Waals surface area contributed by atoms with Crippen LogP contribution in [0.3, 0.4) is 0 Å². The van der Waals surface area contributed by atoms with Crippen LogP contribution in [-0.2, 0) is 0 Å². The lowest BCUT2D eigenvalue weighted by Gasteiger charge is -2.06. The number of halogens is 2. The van der Waals surface area contributed by atoms with Gasteiger partial charge in [-0.05, 0) is 19.1 Å². The molecule has 2 amide bonds. The number of nitrogens with one attached hydrogen (secondary N) is 1. The zero-order valence-corrected chi connectivity index (χ0v) is 8.43. The number of hydrogen-bond donors (Lipinski definition) is 1. The second-order valence-electron chi connectivity index (χ2n) is 2.53. The summed E-state index contributed by atoms with van der Waals surface area (Å²) in [5, 5.41) is 2.49. The lowest BCUT2D eigenvalue weighted by molar-refractivity contribution is 0.248. The predicted molar refractivity (Wildman–Crippen MR) is 53.7 cm³/mol. The summed E-state index contributed by atoms with van der Waals surface area (Å²) in [4.78, 5) is 10.9. The molecule has 0 saturated carbocycles. The summed E-state index contributed by atoms with van der Waals surface area (Å²) in [5.41, 5.74) is 1.77. The fraction of sp³-hybridized carbons (Fsp3) is 0.125. The second-order valence-corrected chi connectivity index (χ2v) is 3.38. The molecule has 1 rings (SSSR count). The smallest absolute Gasteiger partial charge is 0.306 e. The van der Waals surface area contributed by atoms with Gasteiger partial charge in [0.25, 0.3) is 0 Å². The van der Waals surface area contributed by atoms with Crippen molar-refractivity contribution in [3.63, 3.8) is 0 Å². The van der Waals surface area contributed by atoms with Gasteiger partial charge in [-0.1, -0.05) is 17.7 Å². The highest BCUT2D eigenvalue weighted by Gasteiger charge is 2.06. The third-order valence-corrected chi connectivity index (χ3v) is 1.76. The Bertz CT molecular complexity index is 298. The van der Waals surface area contributed by atoms with E-state index in [0.717, 1.165) is 5.56 Å². The molecule has 1 aromatic rings. The van der Waals surface area contributed by atoms with E-state index < -0.39 is 6.03 Å². The minimum Gasteiger partial charge on any atom is -0.306 e. The molecule has 0 saturated heterocycles. The summed E-state index contributed by atoms with van der Waals surface area (Å²) in [7, 11) is 0. The van der Waals surface area contributed by atoms with E-state index in [1.54, 1.807) is 12.1 Å². The van der Waals surface area contributed by atoms with Gasteiger partial charge >= 0.3 is 6.03 Å². The minimum atomic E-state index is -0.577. The first-order valence-electron chi connectivity index (χ1n) is 3.59. The number of rotatable bonds is 1. The van der Waals surface area contributed by atoms with E-state index in [2.05, 4.69) is 5.32 Å². The van der Waals surface area contributed by atoms with E-state index >= 15 is 0 Å². The lowest BCUT2D eigenvalue weighted by Crippen LogP contribution is -2.18. The van der Waals surface area contributed by atoms with E-state index in [0.29, 0.717) is 9.63 Å². The monoisotopic (exact) mass is 218 g/mol. The Labute approximate surface area is 86.5 Å². The van der Waals surface area contributed by atoms with Gasteiger partial charge in [-0.2, -0.15) is 0 Å². The molecule has 0 spiro atoms. The molecule has 0 bridgehead atoms. The topological polar surface area (TPSA) is 32.3 Å². The summed E-state index contributed by atoms with van der Waals surface area (Å²) in [6.45, 7) is 1.96. The molecule has 3 nitrogen and oxygen atoms in total. The molecule has 0 atom stereocenters. The fourth-order valence-corrected chi connectivity index (χ4v) is 0.887. The third-order valence-electron chi connectivity index (χ3n) is 1.46. The van der Waals surface area contributed by atoms with Gasteiger partial charge in [0.1, 0.15) is 0 Å². The van der Waals surface area contributed by atoms with Crippen LogP contribution in [0.1, 0.15) is 5.56 Å². The van der Waals surface area contributed by atoms with Crippen LogP contribution in [0.25, 0.3) is 0 Å². The van der Waals surface area contributed by atoms with Crippen LogP contribution in [0.15, 0.2) is 24.3 Å². The molecular formula is C8H8Cl2N2O. The molecule has 0 aliphatic carbocycles. The number of carbonyl (C=O) groups is 1. The molecule has 0 aliphatic rings. The van der Waals surface area contributed by atoms with Crippen LogP contribution in [0, 0.1) is 6.92 Å².